The monoisotopic (exact) mass is 534 g/mol. The molecule has 1 fully saturated rings. The molecule has 0 spiro atoms. The van der Waals surface area contributed by atoms with Crippen LogP contribution in [0.3, 0.4) is 0 Å². The molecule has 2 aromatic rings. The highest BCUT2D eigenvalue weighted by Crippen LogP contribution is 2.37. The van der Waals surface area contributed by atoms with Gasteiger partial charge < -0.3 is 19.9 Å². The van der Waals surface area contributed by atoms with Gasteiger partial charge in [0, 0.05) is 6.54 Å². The van der Waals surface area contributed by atoms with Crippen molar-refractivity contribution in [2.45, 2.75) is 31.3 Å². The van der Waals surface area contributed by atoms with Gasteiger partial charge in [0.2, 0.25) is 0 Å². The van der Waals surface area contributed by atoms with Crippen LogP contribution >= 0.6 is 0 Å². The maximum Gasteiger partial charge on any atom is 0.427 e. The summed E-state index contributed by atoms with van der Waals surface area (Å²) in [5.74, 6) is 0.0136. The van der Waals surface area contributed by atoms with Crippen molar-refractivity contribution in [3.8, 4) is 0 Å². The van der Waals surface area contributed by atoms with Crippen LogP contribution in [0.5, 0.6) is 0 Å². The number of rotatable bonds is 7. The Hall–Kier alpha value is -3.36. The van der Waals surface area contributed by atoms with Gasteiger partial charge in [0.05, 0.1) is 44.0 Å². The first kappa shape index (κ1) is 28.2. The van der Waals surface area contributed by atoms with Crippen molar-refractivity contribution in [2.75, 3.05) is 26.8 Å². The summed E-state index contributed by atoms with van der Waals surface area (Å²) < 4.78 is 95.2. The van der Waals surface area contributed by atoms with Gasteiger partial charge in [-0.25, -0.2) is 10.2 Å². The maximum absolute atomic E-state index is 13.2. The molecule has 0 radical (unpaired) electrons. The molecule has 0 aliphatic carbocycles. The van der Waals surface area contributed by atoms with E-state index in [-0.39, 0.29) is 30.6 Å². The molecular formula is C23H24F6N4O4. The molecule has 0 bridgehead atoms. The number of benzene rings is 2. The van der Waals surface area contributed by atoms with Crippen LogP contribution in [0.1, 0.15) is 28.3 Å². The molecular weight excluding hydrogens is 510 g/mol. The molecule has 1 aliphatic rings. The molecule has 8 nitrogen and oxygen atoms in total. The van der Waals surface area contributed by atoms with Crippen LogP contribution in [0, 0.1) is 0 Å². The summed E-state index contributed by atoms with van der Waals surface area (Å²) in [6.45, 7) is -0.0748. The minimum absolute atomic E-state index is 0.0136. The van der Waals surface area contributed by atoms with Crippen LogP contribution in [-0.4, -0.2) is 49.9 Å². The molecule has 202 valence electrons. The number of amides is 1. The van der Waals surface area contributed by atoms with E-state index >= 15 is 0 Å². The van der Waals surface area contributed by atoms with Gasteiger partial charge in [-0.3, -0.25) is 4.90 Å². The number of carbonyl (C=O) groups is 1. The highest BCUT2D eigenvalue weighted by Gasteiger charge is 2.38. The van der Waals surface area contributed by atoms with E-state index in [1.165, 1.54) is 0 Å². The minimum Gasteiger partial charge on any atom is -0.452 e. The normalized spacial score (nSPS) is 19.5. The fourth-order valence-corrected chi connectivity index (χ4v) is 3.71. The van der Waals surface area contributed by atoms with Crippen molar-refractivity contribution in [1.29, 1.82) is 0 Å². The zero-order valence-corrected chi connectivity index (χ0v) is 19.5. The summed E-state index contributed by atoms with van der Waals surface area (Å²) in [6, 6.07) is 9.41. The van der Waals surface area contributed by atoms with Crippen LogP contribution in [0.4, 0.5) is 31.1 Å². The second-order valence-corrected chi connectivity index (χ2v) is 8.00. The first-order chi connectivity index (χ1) is 17.4. The average molecular weight is 534 g/mol. The number of nitrogens with two attached hydrogens (primary N) is 1. The van der Waals surface area contributed by atoms with Crippen LogP contribution < -0.4 is 11.2 Å². The van der Waals surface area contributed by atoms with Gasteiger partial charge in [-0.05, 0) is 29.3 Å². The Morgan fingerprint density at radius 2 is 1.73 bits per heavy atom. The molecule has 3 N–H and O–H groups in total. The molecule has 1 saturated heterocycles. The number of nitrogens with zero attached hydrogens (tertiary/aromatic N) is 2. The fraction of sp³-hybridized carbons (Fsp3) is 0.391. The third-order valence-corrected chi connectivity index (χ3v) is 5.36. The van der Waals surface area contributed by atoms with Crippen LogP contribution in [0.25, 0.3) is 0 Å². The van der Waals surface area contributed by atoms with Crippen molar-refractivity contribution in [2.24, 2.45) is 10.8 Å². The molecule has 2 aromatic carbocycles. The zero-order chi connectivity index (χ0) is 27.2. The summed E-state index contributed by atoms with van der Waals surface area (Å²) in [4.78, 5) is 13.0. The Balaban J connectivity index is 1.85. The molecule has 2 atom stereocenters. The average Bonchev–Trinajstić information content (AvgIpc) is 2.85. The van der Waals surface area contributed by atoms with Gasteiger partial charge in [0.1, 0.15) is 5.84 Å². The Labute approximate surface area is 208 Å². The van der Waals surface area contributed by atoms with E-state index in [0.717, 1.165) is 7.11 Å². The van der Waals surface area contributed by atoms with E-state index < -0.39 is 48.5 Å². The number of methoxy groups -OCH3 is 1. The van der Waals surface area contributed by atoms with Gasteiger partial charge in [0.25, 0.3) is 0 Å². The fourth-order valence-electron chi connectivity index (χ4n) is 3.71. The Morgan fingerprint density at radius 3 is 2.30 bits per heavy atom. The van der Waals surface area contributed by atoms with E-state index in [2.05, 4.69) is 15.3 Å². The van der Waals surface area contributed by atoms with E-state index in [4.69, 9.17) is 15.2 Å². The van der Waals surface area contributed by atoms with Crippen molar-refractivity contribution < 1.29 is 45.3 Å². The van der Waals surface area contributed by atoms with E-state index in [1.54, 1.807) is 35.2 Å². The third kappa shape index (κ3) is 7.81. The van der Waals surface area contributed by atoms with Gasteiger partial charge >= 0.3 is 18.4 Å². The minimum atomic E-state index is -4.98. The lowest BCUT2D eigenvalue weighted by Gasteiger charge is -2.41. The molecule has 14 heteroatoms. The number of hydrogen-bond acceptors (Lipinski definition) is 6. The van der Waals surface area contributed by atoms with Crippen molar-refractivity contribution >= 4 is 11.9 Å². The number of alkyl halides is 6. The molecule has 1 heterocycles. The summed E-state index contributed by atoms with van der Waals surface area (Å²) >= 11 is 0. The van der Waals surface area contributed by atoms with Crippen molar-refractivity contribution in [3.63, 3.8) is 0 Å². The largest absolute Gasteiger partial charge is 0.452 e. The lowest BCUT2D eigenvalue weighted by molar-refractivity contribution is -0.214. The lowest BCUT2D eigenvalue weighted by Crippen LogP contribution is -2.49. The molecule has 1 aliphatic heterocycles. The third-order valence-electron chi connectivity index (χ3n) is 5.36. The number of carbonyl (C=O) groups excluding carboxylic acids is 1. The predicted octanol–water partition coefficient (Wildman–Crippen LogP) is 4.27. The molecule has 3 rings (SSSR count). The van der Waals surface area contributed by atoms with Crippen molar-refractivity contribution in [1.82, 2.24) is 10.3 Å². The summed E-state index contributed by atoms with van der Waals surface area (Å²) in [7, 11) is 1.15. The zero-order valence-electron chi connectivity index (χ0n) is 19.5. The Morgan fingerprint density at radius 1 is 1.11 bits per heavy atom. The maximum atomic E-state index is 13.2. The smallest absolute Gasteiger partial charge is 0.427 e. The van der Waals surface area contributed by atoms with Gasteiger partial charge in [0.15, 0.2) is 6.29 Å². The number of halogens is 6. The predicted molar refractivity (Wildman–Crippen MR) is 119 cm³/mol. The quantitative estimate of drug-likeness (QED) is 0.238. The van der Waals surface area contributed by atoms with Crippen LogP contribution in [-0.2, 0) is 33.2 Å². The number of amidine groups is 1. The summed E-state index contributed by atoms with van der Waals surface area (Å²) in [5, 5.41) is 3.73. The number of morpholine rings is 1. The van der Waals surface area contributed by atoms with Gasteiger partial charge in [-0.2, -0.15) is 31.4 Å². The molecule has 0 aromatic heterocycles. The second kappa shape index (κ2) is 11.8. The van der Waals surface area contributed by atoms with Crippen LogP contribution in [0.15, 0.2) is 53.6 Å². The second-order valence-electron chi connectivity index (χ2n) is 8.00. The topological polar surface area (TPSA) is 98.4 Å². The summed E-state index contributed by atoms with van der Waals surface area (Å²) in [5.41, 5.74) is 5.52. The first-order valence-corrected chi connectivity index (χ1v) is 10.8. The first-order valence-electron chi connectivity index (χ1n) is 10.8. The lowest BCUT2D eigenvalue weighted by atomic mass is 10.0. The molecule has 0 saturated carbocycles. The Kier molecular flexibility index (Phi) is 8.99. The Bertz CT molecular complexity index is 1060. The highest BCUT2D eigenvalue weighted by atomic mass is 19.4. The SMILES string of the molecule is COC(=O)N/N=C(\N)CN1CCO[C@H](OCc2cc(C(F)(F)F)cc(C(F)(F)F)c2)[C@@H]1c1ccccc1. The van der Waals surface area contributed by atoms with E-state index in [1.807, 2.05) is 0 Å². The van der Waals surface area contributed by atoms with Crippen molar-refractivity contribution in [3.05, 3.63) is 70.8 Å². The molecule has 1 amide bonds. The highest BCUT2D eigenvalue weighted by molar-refractivity contribution is 5.83. The molecule has 37 heavy (non-hydrogen) atoms. The van der Waals surface area contributed by atoms with E-state index in [9.17, 15) is 31.1 Å². The standard InChI is InChI=1S/C23H24F6N4O4/c1-35-21(34)32-31-18(30)12-33-7-8-36-20(19(33)15-5-3-2-4-6-15)37-13-14-9-16(22(24,25)26)11-17(10-14)23(27,28)29/h2-6,9-11,19-20H,7-8,12-13H2,1H3,(H2,30,31)(H,32,34)/t19-,20+/m0/s1. The van der Waals surface area contributed by atoms with E-state index in [0.29, 0.717) is 24.2 Å². The van der Waals surface area contributed by atoms with Crippen LogP contribution in [0.2, 0.25) is 0 Å². The number of nitrogens with one attached hydrogen (secondary N) is 1. The van der Waals surface area contributed by atoms with Gasteiger partial charge in [-0.15, -0.1) is 0 Å². The summed E-state index contributed by atoms with van der Waals surface area (Å²) in [6.07, 6.45) is -11.8. The molecule has 0 unspecified atom stereocenters. The van der Waals surface area contributed by atoms with Gasteiger partial charge in [-0.1, -0.05) is 30.3 Å². The number of ether oxygens (including phenoxy) is 3. The number of hydrazone groups is 1. The number of hydrogen-bond donors (Lipinski definition) is 2.